The van der Waals surface area contributed by atoms with Gasteiger partial charge < -0.3 is 25.7 Å². The normalized spacial score (nSPS) is 18.5. The van der Waals surface area contributed by atoms with Gasteiger partial charge in [0, 0.05) is 37.9 Å². The van der Waals surface area contributed by atoms with Gasteiger partial charge in [-0.15, -0.1) is 0 Å². The summed E-state index contributed by atoms with van der Waals surface area (Å²) in [6.45, 7) is 0.295. The van der Waals surface area contributed by atoms with Gasteiger partial charge in [0.1, 0.15) is 11.7 Å². The van der Waals surface area contributed by atoms with Gasteiger partial charge in [-0.1, -0.05) is 0 Å². The van der Waals surface area contributed by atoms with Crippen LogP contribution < -0.4 is 16.4 Å². The molecule has 1 aliphatic heterocycles. The maximum Gasteiger partial charge on any atom is 0.290 e. The summed E-state index contributed by atoms with van der Waals surface area (Å²) in [6.07, 6.45) is 6.22. The molecule has 0 aromatic carbocycles. The first-order valence-corrected chi connectivity index (χ1v) is 9.43. The molecule has 158 valence electrons. The summed E-state index contributed by atoms with van der Waals surface area (Å²) in [5.74, 6) is -1.70. The molecule has 0 saturated carbocycles. The standard InChI is InChI=1S/C19H22N6O5/c20-16(26)3-5-23-18(28)14-10-12(24-17(27)13-11-21-6-7-22-13)4-8-25(14)19(29)15-2-1-9-30-15/h1-2,6-7,9,11-12,14H,3-5,8,10H2,(H2,20,26)(H,23,28)(H,24,27)/t12-,14-/m0/s1. The van der Waals surface area contributed by atoms with Crippen LogP contribution in [-0.2, 0) is 9.59 Å². The number of nitrogens with two attached hydrogens (primary N) is 1. The summed E-state index contributed by atoms with van der Waals surface area (Å²) in [7, 11) is 0. The Morgan fingerprint density at radius 3 is 2.77 bits per heavy atom. The minimum absolute atomic E-state index is 0.0164. The highest BCUT2D eigenvalue weighted by atomic mass is 16.3. The average Bonchev–Trinajstić information content (AvgIpc) is 3.28. The van der Waals surface area contributed by atoms with E-state index in [1.165, 1.54) is 35.8 Å². The molecule has 30 heavy (non-hydrogen) atoms. The van der Waals surface area contributed by atoms with Crippen molar-refractivity contribution in [2.45, 2.75) is 31.3 Å². The average molecular weight is 414 g/mol. The van der Waals surface area contributed by atoms with Crippen LogP contribution in [-0.4, -0.2) is 63.7 Å². The molecule has 0 radical (unpaired) electrons. The lowest BCUT2D eigenvalue weighted by molar-refractivity contribution is -0.127. The number of primary amides is 1. The highest BCUT2D eigenvalue weighted by molar-refractivity contribution is 5.96. The second-order valence-electron chi connectivity index (χ2n) is 6.78. The molecule has 1 aliphatic rings. The van der Waals surface area contributed by atoms with Crippen molar-refractivity contribution in [1.82, 2.24) is 25.5 Å². The molecule has 2 atom stereocenters. The largest absolute Gasteiger partial charge is 0.459 e. The molecule has 2 aromatic heterocycles. The van der Waals surface area contributed by atoms with Gasteiger partial charge in [-0.2, -0.15) is 0 Å². The van der Waals surface area contributed by atoms with Crippen LogP contribution in [0.2, 0.25) is 0 Å². The van der Waals surface area contributed by atoms with E-state index in [4.69, 9.17) is 10.2 Å². The van der Waals surface area contributed by atoms with E-state index in [1.54, 1.807) is 6.07 Å². The number of nitrogens with one attached hydrogen (secondary N) is 2. The van der Waals surface area contributed by atoms with E-state index in [2.05, 4.69) is 20.6 Å². The van der Waals surface area contributed by atoms with E-state index in [9.17, 15) is 19.2 Å². The summed E-state index contributed by atoms with van der Waals surface area (Å²) < 4.78 is 5.17. The summed E-state index contributed by atoms with van der Waals surface area (Å²) in [6, 6.07) is 1.90. The van der Waals surface area contributed by atoms with Crippen LogP contribution in [0, 0.1) is 0 Å². The molecule has 0 spiro atoms. The lowest BCUT2D eigenvalue weighted by Crippen LogP contribution is -2.57. The van der Waals surface area contributed by atoms with Crippen LogP contribution in [0.25, 0.3) is 0 Å². The van der Waals surface area contributed by atoms with Crippen LogP contribution in [0.1, 0.15) is 40.3 Å². The Bertz CT molecular complexity index is 901. The number of amides is 4. The summed E-state index contributed by atoms with van der Waals surface area (Å²) in [5.41, 5.74) is 5.26. The van der Waals surface area contributed by atoms with Crippen LogP contribution in [0.4, 0.5) is 0 Å². The number of rotatable bonds is 7. The number of hydrogen-bond acceptors (Lipinski definition) is 7. The minimum atomic E-state index is -0.851. The zero-order chi connectivity index (χ0) is 21.5. The number of nitrogens with zero attached hydrogens (tertiary/aromatic N) is 3. The molecule has 3 rings (SSSR count). The summed E-state index contributed by atoms with van der Waals surface area (Å²) >= 11 is 0. The molecule has 0 aliphatic carbocycles. The van der Waals surface area contributed by atoms with Crippen molar-refractivity contribution in [2.24, 2.45) is 5.73 Å². The highest BCUT2D eigenvalue weighted by Gasteiger charge is 2.38. The number of likely N-dealkylation sites (tertiary alicyclic amines) is 1. The van der Waals surface area contributed by atoms with Crippen molar-refractivity contribution in [1.29, 1.82) is 0 Å². The van der Waals surface area contributed by atoms with Crippen molar-refractivity contribution in [3.05, 3.63) is 48.4 Å². The number of hydrogen-bond donors (Lipinski definition) is 3. The van der Waals surface area contributed by atoms with Crippen molar-refractivity contribution >= 4 is 23.6 Å². The first-order valence-electron chi connectivity index (χ1n) is 9.43. The Labute approximate surface area is 172 Å². The molecule has 11 nitrogen and oxygen atoms in total. The fourth-order valence-electron chi connectivity index (χ4n) is 3.23. The van der Waals surface area contributed by atoms with Gasteiger partial charge in [0.2, 0.25) is 11.8 Å². The molecule has 11 heteroatoms. The smallest absolute Gasteiger partial charge is 0.290 e. The monoisotopic (exact) mass is 414 g/mol. The third kappa shape index (κ3) is 5.19. The summed E-state index contributed by atoms with van der Waals surface area (Å²) in [5, 5.41) is 5.45. The zero-order valence-corrected chi connectivity index (χ0v) is 16.1. The van der Waals surface area contributed by atoms with E-state index in [-0.39, 0.29) is 43.4 Å². The van der Waals surface area contributed by atoms with E-state index >= 15 is 0 Å². The molecule has 0 unspecified atom stereocenters. The van der Waals surface area contributed by atoms with Gasteiger partial charge in [0.05, 0.1) is 12.5 Å². The fraction of sp³-hybridized carbons (Fsp3) is 0.368. The first kappa shape index (κ1) is 21.0. The van der Waals surface area contributed by atoms with Gasteiger partial charge in [0.25, 0.3) is 11.8 Å². The molecule has 1 fully saturated rings. The molecule has 2 aromatic rings. The van der Waals surface area contributed by atoms with Crippen LogP contribution >= 0.6 is 0 Å². The molecule has 4 amide bonds. The van der Waals surface area contributed by atoms with E-state index in [0.29, 0.717) is 6.42 Å². The van der Waals surface area contributed by atoms with Crippen molar-refractivity contribution in [3.63, 3.8) is 0 Å². The Morgan fingerprint density at radius 2 is 2.10 bits per heavy atom. The molecule has 3 heterocycles. The Balaban J connectivity index is 1.70. The molecular formula is C19H22N6O5. The van der Waals surface area contributed by atoms with E-state index in [0.717, 1.165) is 0 Å². The fourth-order valence-corrected chi connectivity index (χ4v) is 3.23. The molecule has 4 N–H and O–H groups in total. The van der Waals surface area contributed by atoms with Gasteiger partial charge in [0.15, 0.2) is 5.76 Å². The lowest BCUT2D eigenvalue weighted by Gasteiger charge is -2.38. The number of furan rings is 1. The minimum Gasteiger partial charge on any atom is -0.459 e. The third-order valence-electron chi connectivity index (χ3n) is 4.70. The van der Waals surface area contributed by atoms with Crippen molar-refractivity contribution < 1.29 is 23.6 Å². The molecular weight excluding hydrogens is 392 g/mol. The van der Waals surface area contributed by atoms with Gasteiger partial charge in [-0.25, -0.2) is 4.98 Å². The summed E-state index contributed by atoms with van der Waals surface area (Å²) in [4.78, 5) is 58.1. The lowest BCUT2D eigenvalue weighted by atomic mass is 9.95. The van der Waals surface area contributed by atoms with Crippen LogP contribution in [0.3, 0.4) is 0 Å². The topological polar surface area (TPSA) is 161 Å². The van der Waals surface area contributed by atoms with Gasteiger partial charge >= 0.3 is 0 Å². The second-order valence-corrected chi connectivity index (χ2v) is 6.78. The maximum absolute atomic E-state index is 12.8. The highest BCUT2D eigenvalue weighted by Crippen LogP contribution is 2.21. The van der Waals surface area contributed by atoms with Crippen molar-refractivity contribution in [2.75, 3.05) is 13.1 Å². The number of carbonyl (C=O) groups excluding carboxylic acids is 4. The van der Waals surface area contributed by atoms with Crippen molar-refractivity contribution in [3.8, 4) is 0 Å². The van der Waals surface area contributed by atoms with Gasteiger partial charge in [-0.3, -0.25) is 24.2 Å². The predicted octanol–water partition coefficient (Wildman–Crippen LogP) is -0.536. The van der Waals surface area contributed by atoms with E-state index < -0.39 is 29.7 Å². The molecule has 1 saturated heterocycles. The van der Waals surface area contributed by atoms with E-state index in [1.807, 2.05) is 0 Å². The zero-order valence-electron chi connectivity index (χ0n) is 16.1. The Hall–Kier alpha value is -3.76. The number of aromatic nitrogens is 2. The SMILES string of the molecule is NC(=O)CCNC(=O)[C@@H]1C[C@@H](NC(=O)c2cnccn2)CCN1C(=O)c1ccco1. The van der Waals surface area contributed by atoms with Gasteiger partial charge in [-0.05, 0) is 25.0 Å². The molecule has 0 bridgehead atoms. The predicted molar refractivity (Wildman–Crippen MR) is 103 cm³/mol. The Kier molecular flexibility index (Phi) is 6.73. The third-order valence-corrected chi connectivity index (χ3v) is 4.70. The quantitative estimate of drug-likeness (QED) is 0.548. The number of carbonyl (C=O) groups is 4. The maximum atomic E-state index is 12.8. The van der Waals surface area contributed by atoms with Crippen LogP contribution in [0.5, 0.6) is 0 Å². The first-order chi connectivity index (χ1) is 14.5. The number of piperidine rings is 1. The second kappa shape index (κ2) is 9.63. The van der Waals surface area contributed by atoms with Crippen LogP contribution in [0.15, 0.2) is 41.4 Å². The Morgan fingerprint density at radius 1 is 1.27 bits per heavy atom.